The van der Waals surface area contributed by atoms with Crippen LogP contribution in [0.4, 0.5) is 0 Å². The van der Waals surface area contributed by atoms with Crippen LogP contribution in [0.15, 0.2) is 23.3 Å². The molecule has 2 N–H and O–H groups in total. The number of carboxylic acids is 1. The topological polar surface area (TPSA) is 57.5 Å². The Balaban J connectivity index is 2.26. The lowest BCUT2D eigenvalue weighted by Crippen LogP contribution is -2.33. The van der Waals surface area contributed by atoms with Crippen LogP contribution in [0.5, 0.6) is 0 Å². The van der Waals surface area contributed by atoms with Gasteiger partial charge in [-0.05, 0) is 55.4 Å². The summed E-state index contributed by atoms with van der Waals surface area (Å²) in [5.41, 5.74) is 2.97. The Bertz CT molecular complexity index is 408. The largest absolute Gasteiger partial charge is 0.478 e. The molecular formula is C15H22O3. The van der Waals surface area contributed by atoms with Crippen LogP contribution in [0.25, 0.3) is 0 Å². The van der Waals surface area contributed by atoms with Crippen LogP contribution in [0.2, 0.25) is 0 Å². The molecule has 0 amide bonds. The maximum Gasteiger partial charge on any atom is 0.331 e. The molecule has 0 radical (unpaired) electrons. The SMILES string of the molecule is C=C(C(=O)O)C1CCC2(C)CCCC(CO)=C2C1. The van der Waals surface area contributed by atoms with Crippen molar-refractivity contribution in [2.24, 2.45) is 11.3 Å². The van der Waals surface area contributed by atoms with Crippen LogP contribution in [0.1, 0.15) is 45.4 Å². The summed E-state index contributed by atoms with van der Waals surface area (Å²) in [5, 5.41) is 18.5. The quantitative estimate of drug-likeness (QED) is 0.598. The molecule has 0 aliphatic heterocycles. The third-order valence-electron chi connectivity index (χ3n) is 4.82. The normalized spacial score (nSPS) is 32.0. The third-order valence-corrected chi connectivity index (χ3v) is 4.82. The Morgan fingerprint density at radius 3 is 2.83 bits per heavy atom. The molecule has 18 heavy (non-hydrogen) atoms. The Morgan fingerprint density at radius 2 is 2.22 bits per heavy atom. The molecule has 3 heteroatoms. The van der Waals surface area contributed by atoms with Crippen molar-refractivity contribution in [3.05, 3.63) is 23.3 Å². The molecule has 0 spiro atoms. The van der Waals surface area contributed by atoms with E-state index in [2.05, 4.69) is 13.5 Å². The molecule has 0 aromatic carbocycles. The zero-order valence-corrected chi connectivity index (χ0v) is 11.0. The van der Waals surface area contributed by atoms with Gasteiger partial charge in [-0.2, -0.15) is 0 Å². The van der Waals surface area contributed by atoms with Crippen molar-refractivity contribution >= 4 is 5.97 Å². The first-order valence-electron chi connectivity index (χ1n) is 6.72. The van der Waals surface area contributed by atoms with E-state index >= 15 is 0 Å². The zero-order chi connectivity index (χ0) is 13.3. The number of rotatable bonds is 3. The van der Waals surface area contributed by atoms with Crippen LogP contribution >= 0.6 is 0 Å². The van der Waals surface area contributed by atoms with Gasteiger partial charge < -0.3 is 10.2 Å². The molecule has 2 aliphatic rings. The summed E-state index contributed by atoms with van der Waals surface area (Å²) < 4.78 is 0. The number of aliphatic hydroxyl groups excluding tert-OH is 1. The number of allylic oxidation sites excluding steroid dienone is 1. The maximum atomic E-state index is 11.0. The molecule has 0 saturated heterocycles. The Kier molecular flexibility index (Phi) is 3.62. The summed E-state index contributed by atoms with van der Waals surface area (Å²) in [6.07, 6.45) is 5.97. The fourth-order valence-electron chi connectivity index (χ4n) is 3.57. The Morgan fingerprint density at radius 1 is 1.50 bits per heavy atom. The molecule has 2 unspecified atom stereocenters. The molecule has 3 nitrogen and oxygen atoms in total. The second-order valence-corrected chi connectivity index (χ2v) is 5.92. The first-order valence-corrected chi connectivity index (χ1v) is 6.72. The van der Waals surface area contributed by atoms with Gasteiger partial charge in [0.2, 0.25) is 0 Å². The van der Waals surface area contributed by atoms with Crippen LogP contribution in [-0.2, 0) is 4.79 Å². The number of fused-ring (bicyclic) bond motifs is 1. The summed E-state index contributed by atoms with van der Waals surface area (Å²) in [5.74, 6) is -0.837. The van der Waals surface area contributed by atoms with Crippen molar-refractivity contribution in [3.63, 3.8) is 0 Å². The van der Waals surface area contributed by atoms with E-state index in [1.54, 1.807) is 0 Å². The van der Waals surface area contributed by atoms with Gasteiger partial charge in [-0.3, -0.25) is 0 Å². The number of aliphatic hydroxyl groups is 1. The fourth-order valence-corrected chi connectivity index (χ4v) is 3.57. The van der Waals surface area contributed by atoms with E-state index in [9.17, 15) is 9.90 Å². The highest BCUT2D eigenvalue weighted by Crippen LogP contribution is 2.52. The van der Waals surface area contributed by atoms with Gasteiger partial charge in [-0.25, -0.2) is 4.79 Å². The summed E-state index contributed by atoms with van der Waals surface area (Å²) >= 11 is 0. The first kappa shape index (κ1) is 13.3. The van der Waals surface area contributed by atoms with Gasteiger partial charge in [0.15, 0.2) is 0 Å². The van der Waals surface area contributed by atoms with E-state index < -0.39 is 5.97 Å². The van der Waals surface area contributed by atoms with Gasteiger partial charge >= 0.3 is 5.97 Å². The lowest BCUT2D eigenvalue weighted by molar-refractivity contribution is -0.133. The molecule has 2 aliphatic carbocycles. The van der Waals surface area contributed by atoms with E-state index in [0.717, 1.165) is 44.1 Å². The molecule has 2 atom stereocenters. The molecule has 0 aromatic heterocycles. The van der Waals surface area contributed by atoms with Crippen LogP contribution in [0, 0.1) is 11.3 Å². The zero-order valence-electron chi connectivity index (χ0n) is 11.0. The van der Waals surface area contributed by atoms with Gasteiger partial charge in [-0.15, -0.1) is 0 Å². The second kappa shape index (κ2) is 4.88. The molecule has 2 rings (SSSR count). The predicted octanol–water partition coefficient (Wildman–Crippen LogP) is 2.91. The molecular weight excluding hydrogens is 228 g/mol. The predicted molar refractivity (Wildman–Crippen MR) is 70.2 cm³/mol. The summed E-state index contributed by atoms with van der Waals surface area (Å²) in [6.45, 7) is 6.09. The van der Waals surface area contributed by atoms with Gasteiger partial charge in [-0.1, -0.05) is 19.1 Å². The molecule has 0 aromatic rings. The second-order valence-electron chi connectivity index (χ2n) is 5.92. The highest BCUT2D eigenvalue weighted by atomic mass is 16.4. The van der Waals surface area contributed by atoms with Crippen molar-refractivity contribution in [2.45, 2.75) is 45.4 Å². The molecule has 1 fully saturated rings. The van der Waals surface area contributed by atoms with Crippen molar-refractivity contribution in [3.8, 4) is 0 Å². The highest BCUT2D eigenvalue weighted by Gasteiger charge is 2.40. The van der Waals surface area contributed by atoms with Crippen LogP contribution in [-0.4, -0.2) is 22.8 Å². The van der Waals surface area contributed by atoms with Crippen molar-refractivity contribution in [2.75, 3.05) is 6.61 Å². The Labute approximate surface area is 108 Å². The molecule has 0 heterocycles. The van der Waals surface area contributed by atoms with E-state index in [0.29, 0.717) is 5.57 Å². The van der Waals surface area contributed by atoms with Gasteiger partial charge in [0.25, 0.3) is 0 Å². The standard InChI is InChI=1S/C15H22O3/c1-10(14(17)18)11-5-7-15(2)6-3-4-12(9-16)13(15)8-11/h11,16H,1,3-9H2,2H3,(H,17,18). The van der Waals surface area contributed by atoms with Gasteiger partial charge in [0.05, 0.1) is 6.61 Å². The Hall–Kier alpha value is -1.09. The van der Waals surface area contributed by atoms with E-state index in [-0.39, 0.29) is 17.9 Å². The minimum Gasteiger partial charge on any atom is -0.478 e. The lowest BCUT2D eigenvalue weighted by atomic mass is 9.61. The van der Waals surface area contributed by atoms with E-state index in [4.69, 9.17) is 5.11 Å². The first-order chi connectivity index (χ1) is 8.48. The van der Waals surface area contributed by atoms with E-state index in [1.165, 1.54) is 5.57 Å². The number of aliphatic carboxylic acids is 1. The maximum absolute atomic E-state index is 11.0. The van der Waals surface area contributed by atoms with Crippen LogP contribution in [0.3, 0.4) is 0 Å². The average Bonchev–Trinajstić information content (AvgIpc) is 2.35. The average molecular weight is 250 g/mol. The van der Waals surface area contributed by atoms with Crippen molar-refractivity contribution in [1.29, 1.82) is 0 Å². The smallest absolute Gasteiger partial charge is 0.331 e. The molecule has 0 bridgehead atoms. The summed E-state index contributed by atoms with van der Waals surface area (Å²) in [4.78, 5) is 11.0. The van der Waals surface area contributed by atoms with E-state index in [1.807, 2.05) is 0 Å². The summed E-state index contributed by atoms with van der Waals surface area (Å²) in [7, 11) is 0. The van der Waals surface area contributed by atoms with Crippen molar-refractivity contribution < 1.29 is 15.0 Å². The minimum atomic E-state index is -0.884. The van der Waals surface area contributed by atoms with Gasteiger partial charge in [0.1, 0.15) is 0 Å². The third kappa shape index (κ3) is 2.24. The number of hydrogen-bond acceptors (Lipinski definition) is 2. The highest BCUT2D eigenvalue weighted by molar-refractivity contribution is 5.86. The molecule has 1 saturated carbocycles. The summed E-state index contributed by atoms with van der Waals surface area (Å²) in [6, 6.07) is 0. The van der Waals surface area contributed by atoms with Crippen LogP contribution < -0.4 is 0 Å². The molecule has 100 valence electrons. The fraction of sp³-hybridized carbons (Fsp3) is 0.667. The lowest BCUT2D eigenvalue weighted by Gasteiger charge is -2.44. The van der Waals surface area contributed by atoms with Crippen molar-refractivity contribution in [1.82, 2.24) is 0 Å². The monoisotopic (exact) mass is 250 g/mol. The minimum absolute atomic E-state index is 0.0465. The number of carboxylic acid groups (broad SMARTS) is 1. The van der Waals surface area contributed by atoms with Gasteiger partial charge in [0, 0.05) is 5.57 Å². The number of hydrogen-bond donors (Lipinski definition) is 2. The number of carbonyl (C=O) groups is 1.